The van der Waals surface area contributed by atoms with Gasteiger partial charge in [0.1, 0.15) is 0 Å². The van der Waals surface area contributed by atoms with Crippen molar-refractivity contribution >= 4 is 5.69 Å². The highest BCUT2D eigenvalue weighted by atomic mass is 15.3. The van der Waals surface area contributed by atoms with Crippen molar-refractivity contribution in [2.24, 2.45) is 0 Å². The van der Waals surface area contributed by atoms with Crippen molar-refractivity contribution in [1.82, 2.24) is 9.80 Å². The number of benzene rings is 1. The number of piperidine rings is 1. The second-order valence-corrected chi connectivity index (χ2v) is 7.26. The van der Waals surface area contributed by atoms with Crippen LogP contribution in [-0.4, -0.2) is 62.2 Å². The third kappa shape index (κ3) is 3.82. The Kier molecular flexibility index (Phi) is 5.04. The standard InChI is InChI=1S/C19H31N3/c1-16-12-17(2)14-19(13-16)22-10-8-21(9-11-22)15-18-6-4-5-7-20(18)3/h12-14,18H,4-11,15H2,1-3H3/t18-/m0/s1. The number of rotatable bonds is 3. The Balaban J connectivity index is 1.53. The predicted octanol–water partition coefficient (Wildman–Crippen LogP) is 2.91. The maximum Gasteiger partial charge on any atom is 0.0372 e. The highest BCUT2D eigenvalue weighted by molar-refractivity contribution is 5.51. The van der Waals surface area contributed by atoms with Crippen LogP contribution in [0.2, 0.25) is 0 Å². The molecule has 3 rings (SSSR count). The van der Waals surface area contributed by atoms with Gasteiger partial charge >= 0.3 is 0 Å². The molecule has 2 aliphatic rings. The van der Waals surface area contributed by atoms with Crippen molar-refractivity contribution in [3.63, 3.8) is 0 Å². The first-order chi connectivity index (χ1) is 10.6. The van der Waals surface area contributed by atoms with E-state index in [2.05, 4.69) is 53.8 Å². The Labute approximate surface area is 135 Å². The summed E-state index contributed by atoms with van der Waals surface area (Å²) in [6.45, 7) is 11.7. The summed E-state index contributed by atoms with van der Waals surface area (Å²) < 4.78 is 0. The molecule has 1 aromatic rings. The zero-order valence-corrected chi connectivity index (χ0v) is 14.5. The van der Waals surface area contributed by atoms with E-state index in [4.69, 9.17) is 0 Å². The van der Waals surface area contributed by atoms with Crippen molar-refractivity contribution in [3.05, 3.63) is 29.3 Å². The van der Waals surface area contributed by atoms with Gasteiger partial charge in [-0.15, -0.1) is 0 Å². The molecule has 2 fully saturated rings. The topological polar surface area (TPSA) is 9.72 Å². The van der Waals surface area contributed by atoms with E-state index in [1.165, 1.54) is 75.3 Å². The smallest absolute Gasteiger partial charge is 0.0372 e. The summed E-state index contributed by atoms with van der Waals surface area (Å²) in [7, 11) is 2.30. The number of likely N-dealkylation sites (N-methyl/N-ethyl adjacent to an activating group) is 1. The van der Waals surface area contributed by atoms with Crippen molar-refractivity contribution in [3.8, 4) is 0 Å². The lowest BCUT2D eigenvalue weighted by atomic mass is 10.0. The van der Waals surface area contributed by atoms with Crippen LogP contribution in [0.1, 0.15) is 30.4 Å². The van der Waals surface area contributed by atoms with Gasteiger partial charge in [0.25, 0.3) is 0 Å². The van der Waals surface area contributed by atoms with Gasteiger partial charge < -0.3 is 9.80 Å². The molecule has 0 unspecified atom stereocenters. The second-order valence-electron chi connectivity index (χ2n) is 7.26. The fraction of sp³-hybridized carbons (Fsp3) is 0.684. The molecular formula is C19H31N3. The fourth-order valence-corrected chi connectivity index (χ4v) is 3.99. The Hall–Kier alpha value is -1.06. The maximum absolute atomic E-state index is 2.67. The molecule has 0 radical (unpaired) electrons. The van der Waals surface area contributed by atoms with Gasteiger partial charge in [-0.2, -0.15) is 0 Å². The molecule has 2 aliphatic heterocycles. The second kappa shape index (κ2) is 7.01. The minimum Gasteiger partial charge on any atom is -0.369 e. The van der Waals surface area contributed by atoms with Gasteiger partial charge in [-0.05, 0) is 63.5 Å². The summed E-state index contributed by atoms with van der Waals surface area (Å²) in [5.74, 6) is 0. The van der Waals surface area contributed by atoms with Crippen molar-refractivity contribution in [1.29, 1.82) is 0 Å². The average Bonchev–Trinajstić information content (AvgIpc) is 2.49. The van der Waals surface area contributed by atoms with Crippen LogP contribution < -0.4 is 4.90 Å². The monoisotopic (exact) mass is 301 g/mol. The minimum atomic E-state index is 0.779. The zero-order valence-electron chi connectivity index (χ0n) is 14.5. The van der Waals surface area contributed by atoms with E-state index in [0.29, 0.717) is 0 Å². The van der Waals surface area contributed by atoms with Crippen LogP contribution >= 0.6 is 0 Å². The maximum atomic E-state index is 2.67. The lowest BCUT2D eigenvalue weighted by Gasteiger charge is -2.41. The van der Waals surface area contributed by atoms with Gasteiger partial charge in [-0.1, -0.05) is 12.5 Å². The first kappa shape index (κ1) is 15.8. The van der Waals surface area contributed by atoms with E-state index in [0.717, 1.165) is 6.04 Å². The Morgan fingerprint density at radius 3 is 2.23 bits per heavy atom. The number of anilines is 1. The van der Waals surface area contributed by atoms with Gasteiger partial charge in [0.05, 0.1) is 0 Å². The summed E-state index contributed by atoms with van der Waals surface area (Å²) in [5, 5.41) is 0. The van der Waals surface area contributed by atoms with Crippen LogP contribution in [0.3, 0.4) is 0 Å². The Morgan fingerprint density at radius 1 is 0.909 bits per heavy atom. The average molecular weight is 301 g/mol. The number of likely N-dealkylation sites (tertiary alicyclic amines) is 1. The van der Waals surface area contributed by atoms with E-state index in [1.807, 2.05) is 0 Å². The van der Waals surface area contributed by atoms with E-state index in [1.54, 1.807) is 0 Å². The van der Waals surface area contributed by atoms with E-state index in [-0.39, 0.29) is 0 Å². The van der Waals surface area contributed by atoms with E-state index < -0.39 is 0 Å². The lowest BCUT2D eigenvalue weighted by Crippen LogP contribution is -2.51. The molecular weight excluding hydrogens is 270 g/mol. The van der Waals surface area contributed by atoms with Gasteiger partial charge in [0, 0.05) is 44.5 Å². The number of hydrogen-bond donors (Lipinski definition) is 0. The zero-order chi connectivity index (χ0) is 15.5. The molecule has 1 atom stereocenters. The van der Waals surface area contributed by atoms with Gasteiger partial charge in [0.15, 0.2) is 0 Å². The molecule has 0 saturated carbocycles. The minimum absolute atomic E-state index is 0.779. The van der Waals surface area contributed by atoms with Crippen LogP contribution in [0.5, 0.6) is 0 Å². The molecule has 0 aliphatic carbocycles. The Morgan fingerprint density at radius 2 is 1.59 bits per heavy atom. The molecule has 2 heterocycles. The highest BCUT2D eigenvalue weighted by Gasteiger charge is 2.24. The molecule has 122 valence electrons. The third-order valence-corrected chi connectivity index (χ3v) is 5.33. The van der Waals surface area contributed by atoms with Gasteiger partial charge in [-0.25, -0.2) is 0 Å². The van der Waals surface area contributed by atoms with Gasteiger partial charge in [0.2, 0.25) is 0 Å². The normalized spacial score (nSPS) is 24.7. The largest absolute Gasteiger partial charge is 0.369 e. The first-order valence-corrected chi connectivity index (χ1v) is 8.87. The van der Waals surface area contributed by atoms with E-state index >= 15 is 0 Å². The van der Waals surface area contributed by atoms with Crippen molar-refractivity contribution in [2.45, 2.75) is 39.2 Å². The fourth-order valence-electron chi connectivity index (χ4n) is 3.99. The van der Waals surface area contributed by atoms with Crippen LogP contribution in [0.25, 0.3) is 0 Å². The summed E-state index contributed by atoms with van der Waals surface area (Å²) in [6.07, 6.45) is 4.18. The molecule has 0 amide bonds. The highest BCUT2D eigenvalue weighted by Crippen LogP contribution is 2.21. The SMILES string of the molecule is Cc1cc(C)cc(N2CCN(C[C@@H]3CCCCN3C)CC2)c1. The third-order valence-electron chi connectivity index (χ3n) is 5.33. The molecule has 3 nitrogen and oxygen atoms in total. The molecule has 2 saturated heterocycles. The number of piperazine rings is 1. The molecule has 0 spiro atoms. The predicted molar refractivity (Wildman–Crippen MR) is 94.8 cm³/mol. The number of hydrogen-bond acceptors (Lipinski definition) is 3. The number of nitrogens with zero attached hydrogens (tertiary/aromatic N) is 3. The molecule has 0 bridgehead atoms. The molecule has 3 heteroatoms. The summed E-state index contributed by atoms with van der Waals surface area (Å²) in [4.78, 5) is 7.80. The van der Waals surface area contributed by atoms with Crippen molar-refractivity contribution < 1.29 is 0 Å². The molecule has 0 aromatic heterocycles. The first-order valence-electron chi connectivity index (χ1n) is 8.87. The van der Waals surface area contributed by atoms with Crippen LogP contribution in [0.15, 0.2) is 18.2 Å². The van der Waals surface area contributed by atoms with Crippen LogP contribution in [0.4, 0.5) is 5.69 Å². The quantitative estimate of drug-likeness (QED) is 0.850. The molecule has 1 aromatic carbocycles. The van der Waals surface area contributed by atoms with Crippen molar-refractivity contribution in [2.75, 3.05) is 51.2 Å². The summed E-state index contributed by atoms with van der Waals surface area (Å²) >= 11 is 0. The van der Waals surface area contributed by atoms with E-state index in [9.17, 15) is 0 Å². The van der Waals surface area contributed by atoms with Gasteiger partial charge in [-0.3, -0.25) is 4.90 Å². The summed E-state index contributed by atoms with van der Waals surface area (Å²) in [6, 6.07) is 7.70. The number of aryl methyl sites for hydroxylation is 2. The molecule has 22 heavy (non-hydrogen) atoms. The van der Waals surface area contributed by atoms with Crippen LogP contribution in [0, 0.1) is 13.8 Å². The Bertz CT molecular complexity index is 471. The summed E-state index contributed by atoms with van der Waals surface area (Å²) in [5.41, 5.74) is 4.16. The lowest BCUT2D eigenvalue weighted by molar-refractivity contribution is 0.125. The van der Waals surface area contributed by atoms with Crippen LogP contribution in [-0.2, 0) is 0 Å². The molecule has 0 N–H and O–H groups in total.